The quantitative estimate of drug-likeness (QED) is 0.752. The van der Waals surface area contributed by atoms with Crippen LogP contribution in [0.25, 0.3) is 0 Å². The van der Waals surface area contributed by atoms with Crippen LogP contribution in [-0.2, 0) is 5.75 Å². The predicted octanol–water partition coefficient (Wildman–Crippen LogP) is 3.62. The fourth-order valence-electron chi connectivity index (χ4n) is 1.77. The smallest absolute Gasteiger partial charge is 0.148 e. The molecular weight excluding hydrogens is 254 g/mol. The zero-order valence-corrected chi connectivity index (χ0v) is 12.2. The van der Waals surface area contributed by atoms with Gasteiger partial charge in [0, 0.05) is 19.3 Å². The van der Waals surface area contributed by atoms with Crippen molar-refractivity contribution in [1.82, 2.24) is 9.97 Å². The van der Waals surface area contributed by atoms with Crippen LogP contribution in [-0.4, -0.2) is 23.6 Å². The highest BCUT2D eigenvalue weighted by Gasteiger charge is 2.04. The lowest BCUT2D eigenvalue weighted by Crippen LogP contribution is -2.19. The minimum atomic E-state index is 0.927. The molecule has 19 heavy (non-hydrogen) atoms. The van der Waals surface area contributed by atoms with Crippen molar-refractivity contribution in [2.45, 2.75) is 24.1 Å². The number of benzene rings is 1. The molecule has 0 saturated heterocycles. The van der Waals surface area contributed by atoms with Crippen LogP contribution in [0.1, 0.15) is 18.9 Å². The second-order valence-corrected chi connectivity index (χ2v) is 5.41. The average Bonchev–Trinajstić information content (AvgIpc) is 2.47. The molecule has 0 saturated carbocycles. The third-order valence-corrected chi connectivity index (χ3v) is 3.75. The Morgan fingerprint density at radius 2 is 1.95 bits per heavy atom. The number of hydrogen-bond donors (Lipinski definition) is 0. The van der Waals surface area contributed by atoms with E-state index < -0.39 is 0 Å². The van der Waals surface area contributed by atoms with Gasteiger partial charge in [0.2, 0.25) is 0 Å². The fourth-order valence-corrected chi connectivity index (χ4v) is 2.57. The standard InChI is InChI=1S/C15H19N3S/c1-3-9-18(2)14-10-16-11-15(17-14)19-12-13-7-5-4-6-8-13/h4-8,10-11H,3,9,12H2,1-2H3. The molecule has 2 rings (SSSR count). The Morgan fingerprint density at radius 1 is 1.16 bits per heavy atom. The van der Waals surface area contributed by atoms with Gasteiger partial charge in [0.1, 0.15) is 10.8 Å². The molecule has 4 heteroatoms. The van der Waals surface area contributed by atoms with Crippen molar-refractivity contribution in [3.8, 4) is 0 Å². The zero-order valence-electron chi connectivity index (χ0n) is 11.4. The Balaban J connectivity index is 1.99. The topological polar surface area (TPSA) is 29.0 Å². The second kappa shape index (κ2) is 7.14. The lowest BCUT2D eigenvalue weighted by Gasteiger charge is -2.16. The Hall–Kier alpha value is -1.55. The van der Waals surface area contributed by atoms with Crippen molar-refractivity contribution < 1.29 is 0 Å². The molecule has 0 atom stereocenters. The van der Waals surface area contributed by atoms with Crippen molar-refractivity contribution in [1.29, 1.82) is 0 Å². The number of aromatic nitrogens is 2. The van der Waals surface area contributed by atoms with Gasteiger partial charge in [-0.05, 0) is 12.0 Å². The number of rotatable bonds is 6. The first-order chi connectivity index (χ1) is 9.29. The highest BCUT2D eigenvalue weighted by atomic mass is 32.2. The first-order valence-corrected chi connectivity index (χ1v) is 7.48. The van der Waals surface area contributed by atoms with Crippen molar-refractivity contribution in [2.75, 3.05) is 18.5 Å². The summed E-state index contributed by atoms with van der Waals surface area (Å²) < 4.78 is 0. The van der Waals surface area contributed by atoms with E-state index in [1.165, 1.54) is 5.56 Å². The number of anilines is 1. The zero-order chi connectivity index (χ0) is 13.5. The predicted molar refractivity (Wildman–Crippen MR) is 81.6 cm³/mol. The number of nitrogens with zero attached hydrogens (tertiary/aromatic N) is 3. The van der Waals surface area contributed by atoms with Crippen LogP contribution in [0.5, 0.6) is 0 Å². The van der Waals surface area contributed by atoms with E-state index in [-0.39, 0.29) is 0 Å². The maximum atomic E-state index is 4.63. The molecule has 100 valence electrons. The van der Waals surface area contributed by atoms with E-state index in [4.69, 9.17) is 0 Å². The van der Waals surface area contributed by atoms with Crippen LogP contribution in [0.3, 0.4) is 0 Å². The summed E-state index contributed by atoms with van der Waals surface area (Å²) in [5.74, 6) is 1.87. The van der Waals surface area contributed by atoms with E-state index in [2.05, 4.69) is 53.1 Å². The van der Waals surface area contributed by atoms with Gasteiger partial charge in [-0.25, -0.2) is 4.98 Å². The van der Waals surface area contributed by atoms with Crippen LogP contribution >= 0.6 is 11.8 Å². The largest absolute Gasteiger partial charge is 0.358 e. The molecule has 1 heterocycles. The van der Waals surface area contributed by atoms with Gasteiger partial charge in [-0.2, -0.15) is 0 Å². The summed E-state index contributed by atoms with van der Waals surface area (Å²) in [7, 11) is 2.05. The maximum Gasteiger partial charge on any atom is 0.148 e. The monoisotopic (exact) mass is 273 g/mol. The number of hydrogen-bond acceptors (Lipinski definition) is 4. The van der Waals surface area contributed by atoms with Crippen LogP contribution in [0.15, 0.2) is 47.8 Å². The summed E-state index contributed by atoms with van der Waals surface area (Å²) >= 11 is 1.72. The van der Waals surface area contributed by atoms with Gasteiger partial charge in [0.15, 0.2) is 0 Å². The van der Waals surface area contributed by atoms with Crippen molar-refractivity contribution >= 4 is 17.6 Å². The molecule has 0 unspecified atom stereocenters. The summed E-state index contributed by atoms with van der Waals surface area (Å²) in [5, 5.41) is 0.976. The molecule has 0 spiro atoms. The van der Waals surface area contributed by atoms with Crippen LogP contribution in [0.4, 0.5) is 5.82 Å². The van der Waals surface area contributed by atoms with E-state index >= 15 is 0 Å². The van der Waals surface area contributed by atoms with Crippen molar-refractivity contribution in [3.05, 3.63) is 48.3 Å². The van der Waals surface area contributed by atoms with Gasteiger partial charge in [0.25, 0.3) is 0 Å². The molecule has 0 aliphatic heterocycles. The fraction of sp³-hybridized carbons (Fsp3) is 0.333. The Labute approximate surface area is 119 Å². The highest BCUT2D eigenvalue weighted by Crippen LogP contribution is 2.21. The molecule has 0 aliphatic carbocycles. The molecule has 0 fully saturated rings. The molecule has 1 aromatic heterocycles. The summed E-state index contributed by atoms with van der Waals surface area (Å²) in [6.07, 6.45) is 4.76. The normalized spacial score (nSPS) is 10.4. The molecule has 1 aromatic carbocycles. The summed E-state index contributed by atoms with van der Waals surface area (Å²) in [6, 6.07) is 10.4. The minimum absolute atomic E-state index is 0.927. The highest BCUT2D eigenvalue weighted by molar-refractivity contribution is 7.98. The van der Waals surface area contributed by atoms with Gasteiger partial charge >= 0.3 is 0 Å². The molecule has 0 amide bonds. The van der Waals surface area contributed by atoms with E-state index in [1.807, 2.05) is 18.5 Å². The summed E-state index contributed by atoms with van der Waals surface area (Å²) in [6.45, 7) is 3.17. The average molecular weight is 273 g/mol. The van der Waals surface area contributed by atoms with Gasteiger partial charge in [-0.15, -0.1) is 11.8 Å². The Morgan fingerprint density at radius 3 is 2.68 bits per heavy atom. The van der Waals surface area contributed by atoms with Crippen molar-refractivity contribution in [3.63, 3.8) is 0 Å². The third kappa shape index (κ3) is 4.24. The lowest BCUT2D eigenvalue weighted by atomic mass is 10.2. The third-order valence-electron chi connectivity index (χ3n) is 2.78. The molecule has 0 radical (unpaired) electrons. The summed E-state index contributed by atoms with van der Waals surface area (Å²) in [4.78, 5) is 11.0. The van der Waals surface area contributed by atoms with E-state index in [0.29, 0.717) is 0 Å². The number of thioether (sulfide) groups is 1. The Bertz CT molecular complexity index is 502. The first-order valence-electron chi connectivity index (χ1n) is 6.49. The van der Waals surface area contributed by atoms with E-state index in [0.717, 1.165) is 29.6 Å². The van der Waals surface area contributed by atoms with E-state index in [9.17, 15) is 0 Å². The van der Waals surface area contributed by atoms with Gasteiger partial charge in [0.05, 0.1) is 12.4 Å². The SMILES string of the molecule is CCCN(C)c1cncc(SCc2ccccc2)n1. The van der Waals surface area contributed by atoms with Gasteiger partial charge in [-0.3, -0.25) is 4.98 Å². The minimum Gasteiger partial charge on any atom is -0.358 e. The molecule has 3 nitrogen and oxygen atoms in total. The van der Waals surface area contributed by atoms with E-state index in [1.54, 1.807) is 11.8 Å². The van der Waals surface area contributed by atoms with Crippen LogP contribution < -0.4 is 4.90 Å². The van der Waals surface area contributed by atoms with Gasteiger partial charge in [-0.1, -0.05) is 37.3 Å². The van der Waals surface area contributed by atoms with Crippen LogP contribution in [0, 0.1) is 0 Å². The Kier molecular flexibility index (Phi) is 5.21. The molecule has 0 aliphatic rings. The molecule has 0 bridgehead atoms. The maximum absolute atomic E-state index is 4.63. The van der Waals surface area contributed by atoms with Gasteiger partial charge < -0.3 is 4.90 Å². The molecule has 0 N–H and O–H groups in total. The van der Waals surface area contributed by atoms with Crippen molar-refractivity contribution in [2.24, 2.45) is 0 Å². The molecular formula is C15H19N3S. The summed E-state index contributed by atoms with van der Waals surface area (Å²) in [5.41, 5.74) is 1.31. The molecule has 2 aromatic rings. The lowest BCUT2D eigenvalue weighted by molar-refractivity contribution is 0.823. The first kappa shape index (κ1) is 13.9. The van der Waals surface area contributed by atoms with Crippen LogP contribution in [0.2, 0.25) is 0 Å². The second-order valence-electron chi connectivity index (χ2n) is 4.41.